The van der Waals surface area contributed by atoms with E-state index in [2.05, 4.69) is 5.10 Å². The van der Waals surface area contributed by atoms with Gasteiger partial charge in [0.2, 0.25) is 0 Å². The molecule has 1 fully saturated rings. The molecule has 1 atom stereocenters. The van der Waals surface area contributed by atoms with Gasteiger partial charge in [0.25, 0.3) is 0 Å². The molecule has 1 aromatic carbocycles. The highest BCUT2D eigenvalue weighted by atomic mass is 19.4. The van der Waals surface area contributed by atoms with Gasteiger partial charge >= 0.3 is 6.18 Å². The van der Waals surface area contributed by atoms with Gasteiger partial charge in [0.05, 0.1) is 11.3 Å². The predicted molar refractivity (Wildman–Crippen MR) is 68.5 cm³/mol. The molecule has 3 rings (SSSR count). The third kappa shape index (κ3) is 2.64. The van der Waals surface area contributed by atoms with Crippen molar-refractivity contribution in [2.24, 2.45) is 11.0 Å². The zero-order valence-corrected chi connectivity index (χ0v) is 10.9. The van der Waals surface area contributed by atoms with Crippen molar-refractivity contribution in [2.45, 2.75) is 31.5 Å². The minimum atomic E-state index is -4.71. The number of hydrazone groups is 1. The van der Waals surface area contributed by atoms with Gasteiger partial charge in [-0.05, 0) is 37.0 Å². The Morgan fingerprint density at radius 3 is 2.57 bits per heavy atom. The molecule has 112 valence electrons. The summed E-state index contributed by atoms with van der Waals surface area (Å²) in [5, 5.41) is 5.25. The van der Waals surface area contributed by atoms with Gasteiger partial charge in [-0.2, -0.15) is 18.3 Å². The van der Waals surface area contributed by atoms with E-state index in [1.807, 2.05) is 0 Å². The smallest absolute Gasteiger partial charge is 0.301 e. The number of benzene rings is 1. The second kappa shape index (κ2) is 4.82. The molecule has 1 unspecified atom stereocenters. The summed E-state index contributed by atoms with van der Waals surface area (Å²) >= 11 is 0. The monoisotopic (exact) mass is 300 g/mol. The lowest BCUT2D eigenvalue weighted by atomic mass is 10.1. The molecule has 1 aliphatic carbocycles. The van der Waals surface area contributed by atoms with Crippen molar-refractivity contribution in [3.63, 3.8) is 0 Å². The van der Waals surface area contributed by atoms with Crippen molar-refractivity contribution in [1.29, 1.82) is 0 Å². The molecule has 0 amide bonds. The molecular weight excluding hydrogens is 288 g/mol. The third-order valence-electron chi connectivity index (χ3n) is 3.69. The molecule has 1 aliphatic heterocycles. The number of halogens is 4. The van der Waals surface area contributed by atoms with Crippen LogP contribution in [0.4, 0.5) is 23.2 Å². The number of alkyl halides is 3. The predicted octanol–water partition coefficient (Wildman–Crippen LogP) is 3.39. The normalized spacial score (nSPS) is 22.4. The van der Waals surface area contributed by atoms with Crippen LogP contribution >= 0.6 is 0 Å². The summed E-state index contributed by atoms with van der Waals surface area (Å²) < 4.78 is 52.3. The number of hydrogen-bond acceptors (Lipinski definition) is 3. The van der Waals surface area contributed by atoms with E-state index >= 15 is 0 Å². The molecular formula is C14H12F4N2O. The molecule has 0 N–H and O–H groups in total. The van der Waals surface area contributed by atoms with Gasteiger partial charge in [0.15, 0.2) is 0 Å². The molecule has 2 aliphatic rings. The fourth-order valence-electron chi connectivity index (χ4n) is 2.49. The largest absolute Gasteiger partial charge is 0.418 e. The maximum absolute atomic E-state index is 13.1. The number of aldehydes is 1. The molecule has 1 heterocycles. The van der Waals surface area contributed by atoms with Gasteiger partial charge in [-0.1, -0.05) is 0 Å². The van der Waals surface area contributed by atoms with Gasteiger partial charge in [0.1, 0.15) is 18.1 Å². The standard InChI is InChI=1S/C14H12F4N2O/c15-9-3-4-13(11(5-9)14(16,17)18)20-10(7-21)6-12(19-20)8-1-2-8/h3-5,7-8,10H,1-2,6H2. The van der Waals surface area contributed by atoms with E-state index < -0.39 is 23.6 Å². The van der Waals surface area contributed by atoms with Crippen LogP contribution < -0.4 is 5.01 Å². The number of carbonyl (C=O) groups excluding carboxylic acids is 1. The Balaban J connectivity index is 2.04. The maximum Gasteiger partial charge on any atom is 0.418 e. The molecule has 1 aromatic rings. The summed E-state index contributed by atoms with van der Waals surface area (Å²) in [6.45, 7) is 0. The summed E-state index contributed by atoms with van der Waals surface area (Å²) in [6, 6.07) is 1.64. The van der Waals surface area contributed by atoms with Crippen LogP contribution in [0.1, 0.15) is 24.8 Å². The molecule has 3 nitrogen and oxygen atoms in total. The second-order valence-electron chi connectivity index (χ2n) is 5.28. The van der Waals surface area contributed by atoms with Crippen molar-refractivity contribution < 1.29 is 22.4 Å². The first-order chi connectivity index (χ1) is 9.90. The van der Waals surface area contributed by atoms with E-state index in [1.165, 1.54) is 0 Å². The lowest BCUT2D eigenvalue weighted by Gasteiger charge is -2.23. The molecule has 0 radical (unpaired) electrons. The lowest BCUT2D eigenvalue weighted by Crippen LogP contribution is -2.29. The summed E-state index contributed by atoms with van der Waals surface area (Å²) in [6.07, 6.45) is -1.88. The van der Waals surface area contributed by atoms with Crippen molar-refractivity contribution in [3.8, 4) is 0 Å². The summed E-state index contributed by atoms with van der Waals surface area (Å²) in [4.78, 5) is 11.1. The van der Waals surface area contributed by atoms with Gasteiger partial charge in [-0.15, -0.1) is 0 Å². The van der Waals surface area contributed by atoms with Gasteiger partial charge in [-0.25, -0.2) is 4.39 Å². The molecule has 0 aromatic heterocycles. The Morgan fingerprint density at radius 1 is 1.29 bits per heavy atom. The number of rotatable bonds is 3. The maximum atomic E-state index is 13.1. The highest BCUT2D eigenvalue weighted by Gasteiger charge is 2.41. The van der Waals surface area contributed by atoms with Crippen LogP contribution in [-0.2, 0) is 11.0 Å². The fourth-order valence-corrected chi connectivity index (χ4v) is 2.49. The van der Waals surface area contributed by atoms with E-state index in [0.717, 1.165) is 35.7 Å². The Morgan fingerprint density at radius 2 is 2.00 bits per heavy atom. The summed E-state index contributed by atoms with van der Waals surface area (Å²) in [5.41, 5.74) is -0.642. The molecule has 0 saturated heterocycles. The molecule has 21 heavy (non-hydrogen) atoms. The first kappa shape index (κ1) is 14.0. The lowest BCUT2D eigenvalue weighted by molar-refractivity contribution is -0.137. The van der Waals surface area contributed by atoms with Gasteiger partial charge < -0.3 is 4.79 Å². The van der Waals surface area contributed by atoms with E-state index in [-0.39, 0.29) is 11.6 Å². The summed E-state index contributed by atoms with van der Waals surface area (Å²) in [5.74, 6) is -0.702. The fraction of sp³-hybridized carbons (Fsp3) is 0.429. The van der Waals surface area contributed by atoms with Crippen LogP contribution in [0.15, 0.2) is 23.3 Å². The number of anilines is 1. The highest BCUT2D eigenvalue weighted by Crippen LogP contribution is 2.41. The Bertz CT molecular complexity index is 607. The van der Waals surface area contributed by atoms with Crippen LogP contribution in [-0.4, -0.2) is 18.0 Å². The minimum absolute atomic E-state index is 0.271. The quantitative estimate of drug-likeness (QED) is 0.633. The zero-order valence-electron chi connectivity index (χ0n) is 10.9. The third-order valence-corrected chi connectivity index (χ3v) is 3.69. The zero-order chi connectivity index (χ0) is 15.2. The Hall–Kier alpha value is -1.92. The van der Waals surface area contributed by atoms with Crippen molar-refractivity contribution >= 4 is 17.7 Å². The number of hydrogen-bond donors (Lipinski definition) is 0. The van der Waals surface area contributed by atoms with E-state index in [4.69, 9.17) is 0 Å². The van der Waals surface area contributed by atoms with Crippen molar-refractivity contribution in [1.82, 2.24) is 0 Å². The summed E-state index contributed by atoms with van der Waals surface area (Å²) in [7, 11) is 0. The van der Waals surface area contributed by atoms with E-state index in [1.54, 1.807) is 0 Å². The minimum Gasteiger partial charge on any atom is -0.301 e. The van der Waals surface area contributed by atoms with Crippen LogP contribution in [0.25, 0.3) is 0 Å². The highest BCUT2D eigenvalue weighted by molar-refractivity contribution is 5.95. The van der Waals surface area contributed by atoms with Crippen molar-refractivity contribution in [3.05, 3.63) is 29.6 Å². The second-order valence-corrected chi connectivity index (χ2v) is 5.28. The molecule has 0 spiro atoms. The molecule has 1 saturated carbocycles. The van der Waals surface area contributed by atoms with Crippen LogP contribution in [0.5, 0.6) is 0 Å². The van der Waals surface area contributed by atoms with Crippen LogP contribution in [0.3, 0.4) is 0 Å². The van der Waals surface area contributed by atoms with Crippen LogP contribution in [0, 0.1) is 11.7 Å². The molecule has 7 heteroatoms. The average Bonchev–Trinajstić information content (AvgIpc) is 3.18. The van der Waals surface area contributed by atoms with Gasteiger partial charge in [0, 0.05) is 12.1 Å². The first-order valence-electron chi connectivity index (χ1n) is 6.59. The first-order valence-corrected chi connectivity index (χ1v) is 6.59. The van der Waals surface area contributed by atoms with Crippen LogP contribution in [0.2, 0.25) is 0 Å². The van der Waals surface area contributed by atoms with Crippen molar-refractivity contribution in [2.75, 3.05) is 5.01 Å². The molecule has 0 bridgehead atoms. The van der Waals surface area contributed by atoms with Gasteiger partial charge in [-0.3, -0.25) is 5.01 Å². The van der Waals surface area contributed by atoms with E-state index in [0.29, 0.717) is 18.8 Å². The SMILES string of the molecule is O=CC1CC(C2CC2)=NN1c1ccc(F)cc1C(F)(F)F. The number of carbonyl (C=O) groups is 1. The average molecular weight is 300 g/mol. The Labute approximate surface area is 118 Å². The van der Waals surface area contributed by atoms with E-state index in [9.17, 15) is 22.4 Å². The number of nitrogens with zero attached hydrogens (tertiary/aromatic N) is 2. The topological polar surface area (TPSA) is 32.7 Å². The Kier molecular flexibility index (Phi) is 3.22.